The van der Waals surface area contributed by atoms with Crippen molar-refractivity contribution in [3.8, 4) is 0 Å². The molecule has 4 atom stereocenters. The molecule has 0 saturated heterocycles. The van der Waals surface area contributed by atoms with E-state index in [1.807, 2.05) is 49.4 Å². The van der Waals surface area contributed by atoms with Crippen LogP contribution in [0.4, 0.5) is 5.69 Å². The van der Waals surface area contributed by atoms with Crippen LogP contribution in [0.25, 0.3) is 0 Å². The Morgan fingerprint density at radius 3 is 2.33 bits per heavy atom. The number of para-hydroxylation sites is 1. The molecule has 0 spiro atoms. The third-order valence-corrected chi connectivity index (χ3v) is 4.68. The zero-order valence-corrected chi connectivity index (χ0v) is 12.0. The van der Waals surface area contributed by atoms with Crippen LogP contribution >= 0.6 is 0 Å². The van der Waals surface area contributed by atoms with Crippen LogP contribution in [0.3, 0.4) is 0 Å². The van der Waals surface area contributed by atoms with E-state index in [-0.39, 0.29) is 17.7 Å². The Morgan fingerprint density at radius 2 is 1.76 bits per heavy atom. The SMILES string of the molecule is CCN(C(=O)C1C2C=CC(C2)C1C(=O)O)c1ccccc1. The lowest BCUT2D eigenvalue weighted by atomic mass is 9.82. The summed E-state index contributed by atoms with van der Waals surface area (Å²) < 4.78 is 0. The van der Waals surface area contributed by atoms with E-state index in [2.05, 4.69) is 0 Å². The zero-order chi connectivity index (χ0) is 15.0. The number of amides is 1. The highest BCUT2D eigenvalue weighted by Crippen LogP contribution is 2.49. The fourth-order valence-corrected chi connectivity index (χ4v) is 3.75. The van der Waals surface area contributed by atoms with Gasteiger partial charge in [-0.25, -0.2) is 0 Å². The average Bonchev–Trinajstić information content (AvgIpc) is 3.09. The summed E-state index contributed by atoms with van der Waals surface area (Å²) in [4.78, 5) is 26.2. The van der Waals surface area contributed by atoms with E-state index in [1.165, 1.54) is 0 Å². The first kappa shape index (κ1) is 13.9. The Kier molecular flexibility index (Phi) is 3.53. The molecule has 2 aliphatic rings. The lowest BCUT2D eigenvalue weighted by Crippen LogP contribution is -2.43. The molecule has 1 saturated carbocycles. The summed E-state index contributed by atoms with van der Waals surface area (Å²) in [6, 6.07) is 9.46. The second-order valence-corrected chi connectivity index (χ2v) is 5.76. The molecule has 1 amide bonds. The Labute approximate surface area is 124 Å². The van der Waals surface area contributed by atoms with Gasteiger partial charge in [-0.1, -0.05) is 30.4 Å². The van der Waals surface area contributed by atoms with Gasteiger partial charge in [0.25, 0.3) is 0 Å². The number of carbonyl (C=O) groups excluding carboxylic acids is 1. The number of hydrogen-bond donors (Lipinski definition) is 1. The number of nitrogens with zero attached hydrogens (tertiary/aromatic N) is 1. The fraction of sp³-hybridized carbons (Fsp3) is 0.412. The Morgan fingerprint density at radius 1 is 1.14 bits per heavy atom. The number of rotatable bonds is 4. The first-order valence-corrected chi connectivity index (χ1v) is 7.41. The zero-order valence-electron chi connectivity index (χ0n) is 12.0. The van der Waals surface area contributed by atoms with E-state index in [4.69, 9.17) is 0 Å². The number of benzene rings is 1. The monoisotopic (exact) mass is 285 g/mol. The van der Waals surface area contributed by atoms with Gasteiger partial charge in [0.05, 0.1) is 11.8 Å². The lowest BCUT2D eigenvalue weighted by Gasteiger charge is -2.30. The van der Waals surface area contributed by atoms with Crippen LogP contribution in [0.2, 0.25) is 0 Å². The topological polar surface area (TPSA) is 57.6 Å². The third kappa shape index (κ3) is 2.24. The Hall–Kier alpha value is -2.10. The van der Waals surface area contributed by atoms with Crippen molar-refractivity contribution in [2.45, 2.75) is 13.3 Å². The number of allylic oxidation sites excluding steroid dienone is 2. The van der Waals surface area contributed by atoms with E-state index < -0.39 is 17.8 Å². The molecule has 2 aliphatic carbocycles. The molecule has 1 aromatic carbocycles. The summed E-state index contributed by atoms with van der Waals surface area (Å²) in [5.41, 5.74) is 0.834. The molecular weight excluding hydrogens is 266 g/mol. The van der Waals surface area contributed by atoms with Crippen LogP contribution in [-0.2, 0) is 9.59 Å². The summed E-state index contributed by atoms with van der Waals surface area (Å²) in [7, 11) is 0. The number of carbonyl (C=O) groups is 2. The molecule has 3 rings (SSSR count). The van der Waals surface area contributed by atoms with Gasteiger partial charge in [0.1, 0.15) is 0 Å². The summed E-state index contributed by atoms with van der Waals surface area (Å²) in [5, 5.41) is 9.48. The number of carboxylic acid groups (broad SMARTS) is 1. The first-order valence-electron chi connectivity index (χ1n) is 7.41. The molecule has 1 aromatic rings. The van der Waals surface area contributed by atoms with Gasteiger partial charge in [0.2, 0.25) is 5.91 Å². The van der Waals surface area contributed by atoms with Crippen LogP contribution in [0.15, 0.2) is 42.5 Å². The number of fused-ring (bicyclic) bond motifs is 2. The predicted molar refractivity (Wildman–Crippen MR) is 79.8 cm³/mol. The average molecular weight is 285 g/mol. The van der Waals surface area contributed by atoms with Crippen molar-refractivity contribution in [3.05, 3.63) is 42.5 Å². The van der Waals surface area contributed by atoms with Gasteiger partial charge in [-0.05, 0) is 37.3 Å². The van der Waals surface area contributed by atoms with Crippen molar-refractivity contribution in [2.75, 3.05) is 11.4 Å². The second-order valence-electron chi connectivity index (χ2n) is 5.76. The third-order valence-electron chi connectivity index (χ3n) is 4.68. The molecule has 0 aliphatic heterocycles. The van der Waals surface area contributed by atoms with Gasteiger partial charge in [-0.3, -0.25) is 9.59 Å². The molecule has 4 nitrogen and oxygen atoms in total. The van der Waals surface area contributed by atoms with E-state index >= 15 is 0 Å². The van der Waals surface area contributed by atoms with Crippen LogP contribution < -0.4 is 4.90 Å². The molecule has 0 aromatic heterocycles. The number of aliphatic carboxylic acids is 1. The first-order chi connectivity index (χ1) is 10.1. The summed E-state index contributed by atoms with van der Waals surface area (Å²) >= 11 is 0. The maximum Gasteiger partial charge on any atom is 0.307 e. The van der Waals surface area contributed by atoms with Crippen molar-refractivity contribution >= 4 is 17.6 Å². The van der Waals surface area contributed by atoms with Crippen LogP contribution in [-0.4, -0.2) is 23.5 Å². The Bertz CT molecular complexity index is 581. The molecule has 1 N–H and O–H groups in total. The molecule has 0 heterocycles. The van der Waals surface area contributed by atoms with Crippen molar-refractivity contribution in [2.24, 2.45) is 23.7 Å². The minimum absolute atomic E-state index is 0.0101. The number of anilines is 1. The van der Waals surface area contributed by atoms with E-state index in [9.17, 15) is 14.7 Å². The van der Waals surface area contributed by atoms with Crippen molar-refractivity contribution in [1.29, 1.82) is 0 Å². The van der Waals surface area contributed by atoms with Gasteiger partial charge in [0.15, 0.2) is 0 Å². The second kappa shape index (κ2) is 5.35. The minimum atomic E-state index is -0.852. The van der Waals surface area contributed by atoms with Gasteiger partial charge in [-0.15, -0.1) is 0 Å². The van der Waals surface area contributed by atoms with Gasteiger partial charge in [-0.2, -0.15) is 0 Å². The van der Waals surface area contributed by atoms with Crippen LogP contribution in [0.5, 0.6) is 0 Å². The highest BCUT2D eigenvalue weighted by molar-refractivity contribution is 5.98. The van der Waals surface area contributed by atoms with Gasteiger partial charge < -0.3 is 10.0 Å². The fourth-order valence-electron chi connectivity index (χ4n) is 3.75. The van der Waals surface area contributed by atoms with Crippen LogP contribution in [0, 0.1) is 23.7 Å². The molecule has 4 heteroatoms. The van der Waals surface area contributed by atoms with Crippen molar-refractivity contribution < 1.29 is 14.7 Å². The minimum Gasteiger partial charge on any atom is -0.481 e. The summed E-state index contributed by atoms with van der Waals surface area (Å²) in [6.45, 7) is 2.47. The normalized spacial score (nSPS) is 29.6. The predicted octanol–water partition coefficient (Wildman–Crippen LogP) is 2.56. The van der Waals surface area contributed by atoms with Crippen LogP contribution in [0.1, 0.15) is 13.3 Å². The Balaban J connectivity index is 1.90. The standard InChI is InChI=1S/C17H19NO3/c1-2-18(13-6-4-3-5-7-13)16(19)14-11-8-9-12(10-11)15(14)17(20)21/h3-9,11-12,14-15H,2,10H2,1H3,(H,20,21). The van der Waals surface area contributed by atoms with Crippen molar-refractivity contribution in [1.82, 2.24) is 0 Å². The largest absolute Gasteiger partial charge is 0.481 e. The molecule has 110 valence electrons. The van der Waals surface area contributed by atoms with Gasteiger partial charge >= 0.3 is 5.97 Å². The molecule has 21 heavy (non-hydrogen) atoms. The van der Waals surface area contributed by atoms with Gasteiger partial charge in [0, 0.05) is 12.2 Å². The number of hydrogen-bond acceptors (Lipinski definition) is 2. The smallest absolute Gasteiger partial charge is 0.307 e. The molecule has 2 bridgehead atoms. The van der Waals surface area contributed by atoms with E-state index in [0.717, 1.165) is 12.1 Å². The van der Waals surface area contributed by atoms with Crippen molar-refractivity contribution in [3.63, 3.8) is 0 Å². The highest BCUT2D eigenvalue weighted by atomic mass is 16.4. The molecular formula is C17H19NO3. The summed E-state index contributed by atoms with van der Waals surface area (Å²) in [5.74, 6) is -1.84. The maximum absolute atomic E-state index is 12.9. The van der Waals surface area contributed by atoms with E-state index in [1.54, 1.807) is 4.90 Å². The van der Waals surface area contributed by atoms with E-state index in [0.29, 0.717) is 6.54 Å². The maximum atomic E-state index is 12.9. The molecule has 1 fully saturated rings. The molecule has 4 unspecified atom stereocenters. The molecule has 0 radical (unpaired) electrons. The quantitative estimate of drug-likeness (QED) is 0.865. The highest BCUT2D eigenvalue weighted by Gasteiger charge is 2.52. The summed E-state index contributed by atoms with van der Waals surface area (Å²) in [6.07, 6.45) is 4.78. The number of carboxylic acids is 1. The lowest BCUT2D eigenvalue weighted by molar-refractivity contribution is -0.147.